The summed E-state index contributed by atoms with van der Waals surface area (Å²) in [6.45, 7) is 4.49. The van der Waals surface area contributed by atoms with E-state index in [2.05, 4.69) is 15.7 Å². The van der Waals surface area contributed by atoms with Gasteiger partial charge in [0.15, 0.2) is 0 Å². The SMILES string of the molecule is Cc1cc(C)n(-c2ccc(NC(=O)[C@H]3CCCN3C(=O)Nc3ccc(Cl)cc3)cc2)n1. The zero-order chi connectivity index (χ0) is 22.0. The monoisotopic (exact) mass is 437 g/mol. The highest BCUT2D eigenvalue weighted by atomic mass is 35.5. The molecule has 0 saturated carbocycles. The molecular formula is C23H24ClN5O2. The van der Waals surface area contributed by atoms with Crippen molar-refractivity contribution in [3.05, 3.63) is 71.0 Å². The number of nitrogens with zero attached hydrogens (tertiary/aromatic N) is 3. The number of aryl methyl sites for hydroxylation is 2. The maximum atomic E-state index is 12.9. The van der Waals surface area contributed by atoms with E-state index >= 15 is 0 Å². The third-order valence-electron chi connectivity index (χ3n) is 5.30. The van der Waals surface area contributed by atoms with E-state index in [0.717, 1.165) is 23.5 Å². The second kappa shape index (κ2) is 8.81. The fraction of sp³-hybridized carbons (Fsp3) is 0.261. The molecule has 1 saturated heterocycles. The number of urea groups is 1. The van der Waals surface area contributed by atoms with Gasteiger partial charge in [-0.3, -0.25) is 4.79 Å². The predicted molar refractivity (Wildman–Crippen MR) is 122 cm³/mol. The topological polar surface area (TPSA) is 79.3 Å². The van der Waals surface area contributed by atoms with E-state index in [1.807, 2.05) is 48.9 Å². The largest absolute Gasteiger partial charge is 0.324 e. The maximum Gasteiger partial charge on any atom is 0.322 e. The minimum absolute atomic E-state index is 0.192. The molecule has 3 amide bonds. The number of carbonyl (C=O) groups is 2. The van der Waals surface area contributed by atoms with E-state index in [9.17, 15) is 9.59 Å². The van der Waals surface area contributed by atoms with E-state index < -0.39 is 6.04 Å². The van der Waals surface area contributed by atoms with Gasteiger partial charge in [-0.1, -0.05) is 11.6 Å². The predicted octanol–water partition coefficient (Wildman–Crippen LogP) is 4.78. The first-order valence-electron chi connectivity index (χ1n) is 10.2. The Morgan fingerprint density at radius 2 is 1.65 bits per heavy atom. The van der Waals surface area contributed by atoms with Gasteiger partial charge in [0.1, 0.15) is 6.04 Å². The van der Waals surface area contributed by atoms with E-state index in [-0.39, 0.29) is 11.9 Å². The van der Waals surface area contributed by atoms with E-state index in [4.69, 9.17) is 11.6 Å². The number of halogens is 1. The average Bonchev–Trinajstić information content (AvgIpc) is 3.37. The first-order valence-corrected chi connectivity index (χ1v) is 10.6. The molecule has 160 valence electrons. The van der Waals surface area contributed by atoms with E-state index in [0.29, 0.717) is 29.4 Å². The number of carbonyl (C=O) groups excluding carboxylic acids is 2. The zero-order valence-electron chi connectivity index (χ0n) is 17.4. The van der Waals surface area contributed by atoms with Gasteiger partial charge in [-0.2, -0.15) is 5.10 Å². The average molecular weight is 438 g/mol. The van der Waals surface area contributed by atoms with Crippen LogP contribution in [0, 0.1) is 13.8 Å². The number of aromatic nitrogens is 2. The normalized spacial score (nSPS) is 15.7. The molecule has 1 aromatic heterocycles. The molecule has 0 bridgehead atoms. The van der Waals surface area contributed by atoms with Crippen LogP contribution in [0.5, 0.6) is 0 Å². The number of hydrogen-bond acceptors (Lipinski definition) is 3. The highest BCUT2D eigenvalue weighted by Gasteiger charge is 2.34. The van der Waals surface area contributed by atoms with Gasteiger partial charge in [0.05, 0.1) is 11.4 Å². The van der Waals surface area contributed by atoms with Crippen LogP contribution in [0.25, 0.3) is 5.69 Å². The van der Waals surface area contributed by atoms with Gasteiger partial charge >= 0.3 is 6.03 Å². The van der Waals surface area contributed by atoms with Gasteiger partial charge in [0.2, 0.25) is 5.91 Å². The minimum atomic E-state index is -0.511. The van der Waals surface area contributed by atoms with Crippen molar-refractivity contribution < 1.29 is 9.59 Å². The fourth-order valence-corrected chi connectivity index (χ4v) is 3.94. The lowest BCUT2D eigenvalue weighted by atomic mass is 10.2. The Kier molecular flexibility index (Phi) is 5.95. The Balaban J connectivity index is 1.40. The molecule has 1 atom stereocenters. The second-order valence-corrected chi connectivity index (χ2v) is 8.10. The quantitative estimate of drug-likeness (QED) is 0.616. The zero-order valence-corrected chi connectivity index (χ0v) is 18.2. The maximum absolute atomic E-state index is 12.9. The van der Waals surface area contributed by atoms with Gasteiger partial charge in [-0.05, 0) is 81.3 Å². The highest BCUT2D eigenvalue weighted by molar-refractivity contribution is 6.30. The molecule has 2 N–H and O–H groups in total. The molecule has 8 heteroatoms. The smallest absolute Gasteiger partial charge is 0.322 e. The van der Waals surface area contributed by atoms with Gasteiger partial charge in [0, 0.05) is 28.6 Å². The van der Waals surface area contributed by atoms with Crippen molar-refractivity contribution in [1.82, 2.24) is 14.7 Å². The summed E-state index contributed by atoms with van der Waals surface area (Å²) in [5.41, 5.74) is 4.24. The van der Waals surface area contributed by atoms with Crippen LogP contribution < -0.4 is 10.6 Å². The molecule has 0 radical (unpaired) electrons. The minimum Gasteiger partial charge on any atom is -0.324 e. The summed E-state index contributed by atoms with van der Waals surface area (Å²) in [5, 5.41) is 10.8. The third-order valence-corrected chi connectivity index (χ3v) is 5.55. The van der Waals surface area contributed by atoms with E-state index in [1.54, 1.807) is 29.2 Å². The number of hydrogen-bond donors (Lipinski definition) is 2. The molecule has 0 spiro atoms. The molecule has 2 aromatic carbocycles. The van der Waals surface area contributed by atoms with Crippen LogP contribution in [0.2, 0.25) is 5.02 Å². The van der Waals surface area contributed by atoms with Crippen molar-refractivity contribution in [3.63, 3.8) is 0 Å². The molecule has 1 fully saturated rings. The highest BCUT2D eigenvalue weighted by Crippen LogP contribution is 2.22. The Bertz CT molecular complexity index is 1090. The first-order chi connectivity index (χ1) is 14.9. The van der Waals surface area contributed by atoms with Crippen LogP contribution in [0.1, 0.15) is 24.2 Å². The summed E-state index contributed by atoms with van der Waals surface area (Å²) in [5.74, 6) is -0.192. The molecule has 2 heterocycles. The number of anilines is 2. The summed E-state index contributed by atoms with van der Waals surface area (Å²) in [4.78, 5) is 27.1. The molecule has 0 aliphatic carbocycles. The molecule has 4 rings (SSSR count). The van der Waals surface area contributed by atoms with Crippen LogP contribution >= 0.6 is 11.6 Å². The number of rotatable bonds is 4. The molecule has 31 heavy (non-hydrogen) atoms. The molecule has 1 aliphatic rings. The van der Waals surface area contributed by atoms with Crippen molar-refractivity contribution in [2.75, 3.05) is 17.2 Å². The summed E-state index contributed by atoms with van der Waals surface area (Å²) < 4.78 is 1.86. The Labute approximate surface area is 186 Å². The summed E-state index contributed by atoms with van der Waals surface area (Å²) in [6.07, 6.45) is 1.41. The van der Waals surface area contributed by atoms with Crippen molar-refractivity contribution >= 4 is 34.9 Å². The van der Waals surface area contributed by atoms with Crippen molar-refractivity contribution in [2.24, 2.45) is 0 Å². The Morgan fingerprint density at radius 1 is 1.00 bits per heavy atom. The standard InChI is InChI=1S/C23H24ClN5O2/c1-15-14-16(2)29(27-15)20-11-9-18(10-12-20)25-22(30)21-4-3-13-28(21)23(31)26-19-7-5-17(24)6-8-19/h5-12,14,21H,3-4,13H2,1-2H3,(H,25,30)(H,26,31)/t21-/m1/s1. The van der Waals surface area contributed by atoms with Crippen LogP contribution in [0.15, 0.2) is 54.6 Å². The lowest BCUT2D eigenvalue weighted by Crippen LogP contribution is -2.45. The van der Waals surface area contributed by atoms with E-state index in [1.165, 1.54) is 0 Å². The Morgan fingerprint density at radius 3 is 2.29 bits per heavy atom. The number of amides is 3. The molecule has 1 aliphatic heterocycles. The number of benzene rings is 2. The van der Waals surface area contributed by atoms with Crippen molar-refractivity contribution in [3.8, 4) is 5.69 Å². The molecular weight excluding hydrogens is 414 g/mol. The lowest BCUT2D eigenvalue weighted by molar-refractivity contribution is -0.119. The van der Waals surface area contributed by atoms with Gasteiger partial charge in [0.25, 0.3) is 0 Å². The molecule has 0 unspecified atom stereocenters. The summed E-state index contributed by atoms with van der Waals surface area (Å²) in [6, 6.07) is 15.6. The first kappa shape index (κ1) is 20.9. The van der Waals surface area contributed by atoms with Crippen LogP contribution in [0.3, 0.4) is 0 Å². The lowest BCUT2D eigenvalue weighted by Gasteiger charge is -2.24. The fourth-order valence-electron chi connectivity index (χ4n) is 3.81. The van der Waals surface area contributed by atoms with Crippen molar-refractivity contribution in [2.45, 2.75) is 32.7 Å². The van der Waals surface area contributed by atoms with Crippen LogP contribution in [-0.4, -0.2) is 39.2 Å². The van der Waals surface area contributed by atoms with Crippen LogP contribution in [-0.2, 0) is 4.79 Å². The van der Waals surface area contributed by atoms with Gasteiger partial charge < -0.3 is 15.5 Å². The van der Waals surface area contributed by atoms with Gasteiger partial charge in [-0.25, -0.2) is 9.48 Å². The summed E-state index contributed by atoms with van der Waals surface area (Å²) >= 11 is 5.89. The summed E-state index contributed by atoms with van der Waals surface area (Å²) in [7, 11) is 0. The molecule has 7 nitrogen and oxygen atoms in total. The third kappa shape index (κ3) is 4.72. The van der Waals surface area contributed by atoms with Gasteiger partial charge in [-0.15, -0.1) is 0 Å². The van der Waals surface area contributed by atoms with Crippen LogP contribution in [0.4, 0.5) is 16.2 Å². The van der Waals surface area contributed by atoms with Crippen molar-refractivity contribution in [1.29, 1.82) is 0 Å². The second-order valence-electron chi connectivity index (χ2n) is 7.66. The molecule has 3 aromatic rings. The Hall–Kier alpha value is -3.32. The number of likely N-dealkylation sites (tertiary alicyclic amines) is 1. The number of nitrogens with one attached hydrogen (secondary N) is 2.